The van der Waals surface area contributed by atoms with Crippen LogP contribution >= 0.6 is 0 Å². The van der Waals surface area contributed by atoms with Crippen molar-refractivity contribution in [2.24, 2.45) is 5.16 Å². The summed E-state index contributed by atoms with van der Waals surface area (Å²) in [7, 11) is 1.49. The van der Waals surface area contributed by atoms with Crippen molar-refractivity contribution in [3.05, 3.63) is 41.9 Å². The van der Waals surface area contributed by atoms with Gasteiger partial charge < -0.3 is 9.94 Å². The van der Waals surface area contributed by atoms with Crippen LogP contribution in [0.4, 0.5) is 0 Å². The number of hydrogen-bond acceptors (Lipinski definition) is 5. The second-order valence-corrected chi connectivity index (χ2v) is 3.37. The lowest BCUT2D eigenvalue weighted by Crippen LogP contribution is -2.04. The Kier molecular flexibility index (Phi) is 3.25. The number of oxime groups is 1. The Hall–Kier alpha value is -2.81. The highest BCUT2D eigenvalue weighted by Gasteiger charge is 2.13. The zero-order valence-corrected chi connectivity index (χ0v) is 9.61. The quantitative estimate of drug-likeness (QED) is 0.503. The van der Waals surface area contributed by atoms with Crippen LogP contribution in [0.1, 0.15) is 11.3 Å². The molecule has 90 valence electrons. The van der Waals surface area contributed by atoms with E-state index in [1.807, 2.05) is 0 Å². The first-order chi connectivity index (χ1) is 8.81. The molecular weight excluding hydrogens is 232 g/mol. The van der Waals surface area contributed by atoms with Crippen molar-refractivity contribution in [2.75, 3.05) is 7.11 Å². The molecule has 6 heteroatoms. The average molecular weight is 242 g/mol. The van der Waals surface area contributed by atoms with Crippen molar-refractivity contribution in [3.63, 3.8) is 0 Å². The molecule has 0 amide bonds. The lowest BCUT2D eigenvalue weighted by molar-refractivity contribution is 0.321. The minimum Gasteiger partial charge on any atom is -0.495 e. The van der Waals surface area contributed by atoms with Gasteiger partial charge in [-0.15, -0.1) is 0 Å². The summed E-state index contributed by atoms with van der Waals surface area (Å²) in [5, 5.41) is 20.7. The maximum absolute atomic E-state index is 9.18. The van der Waals surface area contributed by atoms with Crippen molar-refractivity contribution < 1.29 is 9.94 Å². The summed E-state index contributed by atoms with van der Waals surface area (Å²) >= 11 is 0. The molecule has 0 aliphatic carbocycles. The molecule has 18 heavy (non-hydrogen) atoms. The molecule has 0 aliphatic heterocycles. The largest absolute Gasteiger partial charge is 0.495 e. The van der Waals surface area contributed by atoms with Gasteiger partial charge in [0.2, 0.25) is 0 Å². The fourth-order valence-corrected chi connectivity index (χ4v) is 1.64. The van der Waals surface area contributed by atoms with Gasteiger partial charge in [-0.2, -0.15) is 5.26 Å². The summed E-state index contributed by atoms with van der Waals surface area (Å²) < 4.78 is 6.76. The van der Waals surface area contributed by atoms with Crippen LogP contribution in [0.5, 0.6) is 5.75 Å². The van der Waals surface area contributed by atoms with Crippen molar-refractivity contribution in [1.29, 1.82) is 5.26 Å². The summed E-state index contributed by atoms with van der Waals surface area (Å²) in [6.07, 6.45) is 4.54. The van der Waals surface area contributed by atoms with E-state index in [2.05, 4.69) is 16.2 Å². The van der Waals surface area contributed by atoms with E-state index < -0.39 is 0 Å². The van der Waals surface area contributed by atoms with Gasteiger partial charge in [0, 0.05) is 12.4 Å². The minimum absolute atomic E-state index is 0.323. The topological polar surface area (TPSA) is 83.4 Å². The lowest BCUT2D eigenvalue weighted by atomic mass is 10.2. The van der Waals surface area contributed by atoms with E-state index in [1.165, 1.54) is 13.3 Å². The standard InChI is InChI=1S/C12H10N4O2/c1-18-11-4-5-14-12(10(11)7-13)16-6-2-3-9(16)8-15-17/h2-6,8,17H,1H3/b15-8-. The van der Waals surface area contributed by atoms with Gasteiger partial charge in [-0.3, -0.25) is 4.57 Å². The molecule has 0 unspecified atom stereocenters. The average Bonchev–Trinajstić information content (AvgIpc) is 2.86. The molecule has 0 aromatic carbocycles. The minimum atomic E-state index is 0.323. The lowest BCUT2D eigenvalue weighted by Gasteiger charge is -2.09. The van der Waals surface area contributed by atoms with Crippen LogP contribution in [0, 0.1) is 11.3 Å². The first-order valence-electron chi connectivity index (χ1n) is 5.10. The Labute approximate surface area is 103 Å². The van der Waals surface area contributed by atoms with Gasteiger partial charge in [0.25, 0.3) is 0 Å². The predicted molar refractivity (Wildman–Crippen MR) is 64.2 cm³/mol. The number of hydrogen-bond donors (Lipinski definition) is 1. The molecule has 0 fully saturated rings. The molecule has 0 saturated heterocycles. The molecule has 1 N–H and O–H groups in total. The van der Waals surface area contributed by atoms with Crippen LogP contribution in [-0.2, 0) is 0 Å². The Bertz CT molecular complexity index is 625. The van der Waals surface area contributed by atoms with E-state index in [1.54, 1.807) is 35.2 Å². The molecule has 6 nitrogen and oxygen atoms in total. The first-order valence-corrected chi connectivity index (χ1v) is 5.10. The number of pyridine rings is 1. The van der Waals surface area contributed by atoms with Crippen molar-refractivity contribution in [3.8, 4) is 17.6 Å². The molecule has 0 bridgehead atoms. The number of rotatable bonds is 3. The van der Waals surface area contributed by atoms with Crippen LogP contribution in [0.25, 0.3) is 5.82 Å². The van der Waals surface area contributed by atoms with E-state index >= 15 is 0 Å². The van der Waals surface area contributed by atoms with Crippen LogP contribution in [-0.4, -0.2) is 28.1 Å². The van der Waals surface area contributed by atoms with Crippen molar-refractivity contribution in [1.82, 2.24) is 9.55 Å². The van der Waals surface area contributed by atoms with Crippen molar-refractivity contribution in [2.45, 2.75) is 0 Å². The normalized spacial score (nSPS) is 10.4. The van der Waals surface area contributed by atoms with Crippen LogP contribution in [0.15, 0.2) is 35.7 Å². The van der Waals surface area contributed by atoms with E-state index in [9.17, 15) is 5.26 Å². The summed E-state index contributed by atoms with van der Waals surface area (Å²) in [6.45, 7) is 0. The molecule has 2 rings (SSSR count). The van der Waals surface area contributed by atoms with Crippen molar-refractivity contribution >= 4 is 6.21 Å². The second kappa shape index (κ2) is 5.01. The van der Waals surface area contributed by atoms with Gasteiger partial charge in [0.15, 0.2) is 5.82 Å². The maximum atomic E-state index is 9.18. The van der Waals surface area contributed by atoms with Crippen LogP contribution < -0.4 is 4.74 Å². The summed E-state index contributed by atoms with van der Waals surface area (Å²) in [5.74, 6) is 0.875. The summed E-state index contributed by atoms with van der Waals surface area (Å²) in [6, 6.07) is 7.18. The van der Waals surface area contributed by atoms with E-state index in [0.717, 1.165) is 0 Å². The molecule has 0 saturated carbocycles. The zero-order chi connectivity index (χ0) is 13.0. The van der Waals surface area contributed by atoms with E-state index in [0.29, 0.717) is 22.8 Å². The SMILES string of the molecule is COc1ccnc(-n2cccc2/C=N\O)c1C#N. The van der Waals surface area contributed by atoms with Crippen LogP contribution in [0.2, 0.25) is 0 Å². The highest BCUT2D eigenvalue weighted by Crippen LogP contribution is 2.23. The van der Waals surface area contributed by atoms with Crippen LogP contribution in [0.3, 0.4) is 0 Å². The van der Waals surface area contributed by atoms with Gasteiger partial charge in [0.05, 0.1) is 19.0 Å². The molecular formula is C12H10N4O2. The van der Waals surface area contributed by atoms with Gasteiger partial charge in [-0.05, 0) is 18.2 Å². The number of methoxy groups -OCH3 is 1. The number of nitrogens with zero attached hydrogens (tertiary/aromatic N) is 4. The van der Waals surface area contributed by atoms with Gasteiger partial charge in [-0.25, -0.2) is 4.98 Å². The van der Waals surface area contributed by atoms with Gasteiger partial charge >= 0.3 is 0 Å². The third-order valence-electron chi connectivity index (χ3n) is 2.42. The molecule has 2 heterocycles. The monoisotopic (exact) mass is 242 g/mol. The Morgan fingerprint density at radius 2 is 2.39 bits per heavy atom. The predicted octanol–water partition coefficient (Wildman–Crippen LogP) is 1.56. The van der Waals surface area contributed by atoms with E-state index in [4.69, 9.17) is 9.94 Å². The Morgan fingerprint density at radius 1 is 1.56 bits per heavy atom. The third-order valence-corrected chi connectivity index (χ3v) is 2.42. The molecule has 2 aromatic rings. The summed E-state index contributed by atoms with van der Waals surface area (Å²) in [5.41, 5.74) is 0.929. The third kappa shape index (κ3) is 1.89. The van der Waals surface area contributed by atoms with Gasteiger partial charge in [-0.1, -0.05) is 5.16 Å². The molecule has 2 aromatic heterocycles. The molecule has 0 aliphatic rings. The Morgan fingerprint density at radius 3 is 3.06 bits per heavy atom. The van der Waals surface area contributed by atoms with E-state index in [-0.39, 0.29) is 0 Å². The number of ether oxygens (including phenoxy) is 1. The number of nitriles is 1. The first kappa shape index (κ1) is 11.7. The maximum Gasteiger partial charge on any atom is 0.158 e. The highest BCUT2D eigenvalue weighted by atomic mass is 16.5. The fourth-order valence-electron chi connectivity index (χ4n) is 1.64. The summed E-state index contributed by atoms with van der Waals surface area (Å²) in [4.78, 5) is 4.16. The fraction of sp³-hybridized carbons (Fsp3) is 0.0833. The molecule has 0 spiro atoms. The Balaban J connectivity index is 2.64. The molecule has 0 atom stereocenters. The number of aromatic nitrogens is 2. The smallest absolute Gasteiger partial charge is 0.158 e. The highest BCUT2D eigenvalue weighted by molar-refractivity contribution is 5.78. The molecule has 0 radical (unpaired) electrons. The second-order valence-electron chi connectivity index (χ2n) is 3.37. The van der Waals surface area contributed by atoms with Gasteiger partial charge in [0.1, 0.15) is 17.4 Å². The zero-order valence-electron chi connectivity index (χ0n) is 9.61.